The normalized spacial score (nSPS) is 21.5. The Morgan fingerprint density at radius 3 is 2.56 bits per heavy atom. The van der Waals surface area contributed by atoms with Crippen LogP contribution in [0.3, 0.4) is 0 Å². The van der Waals surface area contributed by atoms with Crippen molar-refractivity contribution in [2.45, 2.75) is 12.6 Å². The molecule has 172 valence electrons. The Kier molecular flexibility index (Phi) is 4.97. The third-order valence-electron chi connectivity index (χ3n) is 6.43. The van der Waals surface area contributed by atoms with Crippen molar-refractivity contribution in [3.05, 3.63) is 61.0 Å². The van der Waals surface area contributed by atoms with Crippen LogP contribution in [0, 0.1) is 5.92 Å². The Hall–Kier alpha value is -4.21. The van der Waals surface area contributed by atoms with Crippen LogP contribution in [0.2, 0.25) is 0 Å². The number of hydrazone groups is 1. The number of aromatic nitrogens is 4. The zero-order valence-corrected chi connectivity index (χ0v) is 18.5. The second-order valence-corrected chi connectivity index (χ2v) is 8.54. The molecular weight excluding hydrogens is 432 g/mol. The second-order valence-electron chi connectivity index (χ2n) is 8.54. The van der Waals surface area contributed by atoms with Gasteiger partial charge >= 0.3 is 5.97 Å². The molecule has 1 saturated heterocycles. The van der Waals surface area contributed by atoms with Gasteiger partial charge in [-0.2, -0.15) is 15.1 Å². The van der Waals surface area contributed by atoms with Gasteiger partial charge in [-0.3, -0.25) is 4.79 Å². The molecule has 1 aliphatic carbocycles. The summed E-state index contributed by atoms with van der Waals surface area (Å²) < 4.78 is 1.56. The standard InChI is InChI=1S/C24H24N8O2/c33-20(34)15-31-16-25-21-22(31)27-24(28-23(21)32-19-9-5-4-6-17(19)14-26-32)30-12-10-29(11-13-30)18-7-2-1-3-8-18/h1-9,14,16-17,19H,10-13,15H2,(H,33,34). The Labute approximate surface area is 196 Å². The van der Waals surface area contributed by atoms with Crippen molar-refractivity contribution in [2.24, 2.45) is 11.0 Å². The van der Waals surface area contributed by atoms with Gasteiger partial charge in [0.2, 0.25) is 5.95 Å². The second kappa shape index (κ2) is 8.29. The number of aliphatic carboxylic acids is 1. The maximum absolute atomic E-state index is 11.4. The van der Waals surface area contributed by atoms with E-state index in [4.69, 9.17) is 9.97 Å². The first kappa shape index (κ1) is 20.4. The molecule has 0 radical (unpaired) electrons. The predicted molar refractivity (Wildman–Crippen MR) is 130 cm³/mol. The number of anilines is 3. The maximum atomic E-state index is 11.4. The highest BCUT2D eigenvalue weighted by molar-refractivity contribution is 5.88. The zero-order valence-electron chi connectivity index (χ0n) is 18.5. The largest absolute Gasteiger partial charge is 0.480 e. The molecule has 6 rings (SSSR count). The molecule has 0 spiro atoms. The van der Waals surface area contributed by atoms with Crippen LogP contribution < -0.4 is 14.8 Å². The van der Waals surface area contributed by atoms with Crippen molar-refractivity contribution in [1.82, 2.24) is 19.5 Å². The summed E-state index contributed by atoms with van der Waals surface area (Å²) in [6, 6.07) is 10.4. The molecule has 10 heteroatoms. The molecule has 2 unspecified atom stereocenters. The summed E-state index contributed by atoms with van der Waals surface area (Å²) in [7, 11) is 0. The first-order chi connectivity index (χ1) is 16.7. The number of fused-ring (bicyclic) bond motifs is 2. The van der Waals surface area contributed by atoms with Gasteiger partial charge in [0, 0.05) is 44.0 Å². The quantitative estimate of drug-likeness (QED) is 0.623. The topological polar surface area (TPSA) is 103 Å². The van der Waals surface area contributed by atoms with E-state index in [1.807, 2.05) is 41.6 Å². The average molecular weight is 457 g/mol. The number of para-hydroxylation sites is 1. The number of hydrogen-bond acceptors (Lipinski definition) is 8. The molecule has 2 aromatic heterocycles. The highest BCUT2D eigenvalue weighted by atomic mass is 16.4. The van der Waals surface area contributed by atoms with Crippen molar-refractivity contribution < 1.29 is 9.90 Å². The van der Waals surface area contributed by atoms with Gasteiger partial charge in [-0.15, -0.1) is 0 Å². The van der Waals surface area contributed by atoms with E-state index in [1.165, 1.54) is 12.0 Å². The Bertz CT molecular complexity index is 1310. The molecule has 0 amide bonds. The van der Waals surface area contributed by atoms with E-state index in [0.717, 1.165) is 26.2 Å². The molecule has 10 nitrogen and oxygen atoms in total. The number of piperazine rings is 1. The lowest BCUT2D eigenvalue weighted by atomic mass is 9.97. The molecule has 2 aliphatic heterocycles. The summed E-state index contributed by atoms with van der Waals surface area (Å²) in [6.07, 6.45) is 11.7. The van der Waals surface area contributed by atoms with Crippen molar-refractivity contribution in [1.29, 1.82) is 0 Å². The van der Waals surface area contributed by atoms with E-state index >= 15 is 0 Å². The average Bonchev–Trinajstić information content (AvgIpc) is 3.48. The summed E-state index contributed by atoms with van der Waals surface area (Å²) in [6.45, 7) is 2.98. The molecule has 34 heavy (non-hydrogen) atoms. The summed E-state index contributed by atoms with van der Waals surface area (Å²) >= 11 is 0. The van der Waals surface area contributed by atoms with E-state index in [-0.39, 0.29) is 18.5 Å². The SMILES string of the molecule is O=C(O)Cn1cnc2c(N3N=CC4C=CC=CC43)nc(N3CCN(c4ccccc4)CC3)nc21. The molecule has 4 heterocycles. The van der Waals surface area contributed by atoms with Crippen molar-refractivity contribution in [2.75, 3.05) is 41.0 Å². The number of imidazole rings is 1. The fraction of sp³-hybridized carbons (Fsp3) is 0.292. The number of carboxylic acids is 1. The van der Waals surface area contributed by atoms with Crippen LogP contribution in [0.5, 0.6) is 0 Å². The lowest BCUT2D eigenvalue weighted by Crippen LogP contribution is -2.47. The number of benzene rings is 1. The van der Waals surface area contributed by atoms with Crippen molar-refractivity contribution in [3.8, 4) is 0 Å². The molecule has 0 saturated carbocycles. The van der Waals surface area contributed by atoms with E-state index in [2.05, 4.69) is 44.2 Å². The maximum Gasteiger partial charge on any atom is 0.323 e. The smallest absolute Gasteiger partial charge is 0.323 e. The Morgan fingerprint density at radius 1 is 1.00 bits per heavy atom. The summed E-state index contributed by atoms with van der Waals surface area (Å²) in [5.41, 5.74) is 2.25. The Morgan fingerprint density at radius 2 is 1.76 bits per heavy atom. The number of allylic oxidation sites excluding steroid dienone is 2. The van der Waals surface area contributed by atoms with Crippen molar-refractivity contribution in [3.63, 3.8) is 0 Å². The van der Waals surface area contributed by atoms with Crippen LogP contribution in [0.25, 0.3) is 11.2 Å². The molecule has 2 atom stereocenters. The lowest BCUT2D eigenvalue weighted by molar-refractivity contribution is -0.137. The van der Waals surface area contributed by atoms with Crippen LogP contribution in [-0.2, 0) is 11.3 Å². The van der Waals surface area contributed by atoms with Gasteiger partial charge in [-0.25, -0.2) is 9.99 Å². The minimum Gasteiger partial charge on any atom is -0.480 e. The number of hydrogen-bond donors (Lipinski definition) is 1. The zero-order chi connectivity index (χ0) is 23.1. The van der Waals surface area contributed by atoms with Crippen LogP contribution in [0.15, 0.2) is 66.1 Å². The first-order valence-electron chi connectivity index (χ1n) is 11.4. The molecule has 0 bridgehead atoms. The minimum absolute atomic E-state index is 0.00972. The van der Waals surface area contributed by atoms with Crippen LogP contribution in [-0.4, -0.2) is 69.0 Å². The predicted octanol–water partition coefficient (Wildman–Crippen LogP) is 2.15. The molecule has 1 fully saturated rings. The number of nitrogens with zero attached hydrogens (tertiary/aromatic N) is 8. The first-order valence-corrected chi connectivity index (χ1v) is 11.4. The van der Waals surface area contributed by atoms with Gasteiger partial charge in [0.1, 0.15) is 6.54 Å². The third-order valence-corrected chi connectivity index (χ3v) is 6.43. The fourth-order valence-electron chi connectivity index (χ4n) is 4.70. The number of carboxylic acid groups (broad SMARTS) is 1. The third kappa shape index (κ3) is 3.57. The summed E-state index contributed by atoms with van der Waals surface area (Å²) in [4.78, 5) is 30.1. The summed E-state index contributed by atoms with van der Waals surface area (Å²) in [5.74, 6) is 0.376. The molecule has 3 aliphatic rings. The molecular formula is C24H24N8O2. The van der Waals surface area contributed by atoms with Crippen LogP contribution in [0.4, 0.5) is 17.5 Å². The van der Waals surface area contributed by atoms with Gasteiger partial charge in [0.05, 0.1) is 12.4 Å². The molecule has 3 aromatic rings. The monoisotopic (exact) mass is 456 g/mol. The summed E-state index contributed by atoms with van der Waals surface area (Å²) in [5, 5.41) is 15.9. The van der Waals surface area contributed by atoms with Gasteiger partial charge in [-0.05, 0) is 12.1 Å². The van der Waals surface area contributed by atoms with Crippen molar-refractivity contribution >= 4 is 40.8 Å². The van der Waals surface area contributed by atoms with Gasteiger partial charge in [0.25, 0.3) is 0 Å². The van der Waals surface area contributed by atoms with Gasteiger partial charge in [-0.1, -0.05) is 42.5 Å². The minimum atomic E-state index is -0.947. The van der Waals surface area contributed by atoms with E-state index in [0.29, 0.717) is 22.9 Å². The van der Waals surface area contributed by atoms with Crippen LogP contribution >= 0.6 is 0 Å². The lowest BCUT2D eigenvalue weighted by Gasteiger charge is -2.36. The van der Waals surface area contributed by atoms with Gasteiger partial charge in [0.15, 0.2) is 17.0 Å². The highest BCUT2D eigenvalue weighted by Gasteiger charge is 2.33. The fourth-order valence-corrected chi connectivity index (χ4v) is 4.70. The number of rotatable bonds is 5. The molecule has 1 aromatic carbocycles. The van der Waals surface area contributed by atoms with E-state index in [9.17, 15) is 9.90 Å². The molecule has 1 N–H and O–H groups in total. The highest BCUT2D eigenvalue weighted by Crippen LogP contribution is 2.33. The van der Waals surface area contributed by atoms with Gasteiger partial charge < -0.3 is 19.5 Å². The number of carbonyl (C=O) groups is 1. The Balaban J connectivity index is 1.35. The van der Waals surface area contributed by atoms with E-state index in [1.54, 1.807) is 4.57 Å². The van der Waals surface area contributed by atoms with Crippen LogP contribution in [0.1, 0.15) is 0 Å². The van der Waals surface area contributed by atoms with E-state index < -0.39 is 5.97 Å².